The molecule has 0 unspecified atom stereocenters. The molecule has 4 rings (SSSR count). The van der Waals surface area contributed by atoms with Crippen molar-refractivity contribution in [3.05, 3.63) is 74.9 Å². The number of hydrogen-bond acceptors (Lipinski definition) is 8. The zero-order chi connectivity index (χ0) is 22.7. The minimum Gasteiger partial charge on any atom is -0.465 e. The molecule has 0 radical (unpaired) electrons. The van der Waals surface area contributed by atoms with Crippen LogP contribution in [-0.2, 0) is 11.2 Å². The Morgan fingerprint density at radius 3 is 2.56 bits per heavy atom. The maximum Gasteiger partial charge on any atom is 0.379 e. The number of furan rings is 1. The fraction of sp³-hybridized carbons (Fsp3) is 0.217. The van der Waals surface area contributed by atoms with Gasteiger partial charge >= 0.3 is 11.9 Å². The molecule has 164 valence electrons. The fourth-order valence-electron chi connectivity index (χ4n) is 3.49. The number of thiophene rings is 1. The van der Waals surface area contributed by atoms with E-state index in [0.29, 0.717) is 40.3 Å². The van der Waals surface area contributed by atoms with Gasteiger partial charge in [0.05, 0.1) is 23.3 Å². The van der Waals surface area contributed by atoms with Gasteiger partial charge in [-0.25, -0.2) is 15.0 Å². The van der Waals surface area contributed by atoms with Gasteiger partial charge < -0.3 is 13.9 Å². The third-order valence-corrected chi connectivity index (χ3v) is 5.90. The minimum absolute atomic E-state index is 0.0891. The summed E-state index contributed by atoms with van der Waals surface area (Å²) in [6, 6.07) is 9.56. The van der Waals surface area contributed by atoms with E-state index in [2.05, 4.69) is 15.3 Å². The number of carbonyl (C=O) groups excluding carboxylic acids is 3. The molecule has 0 saturated carbocycles. The smallest absolute Gasteiger partial charge is 0.379 e. The van der Waals surface area contributed by atoms with Crippen LogP contribution in [0.15, 0.2) is 51.3 Å². The molecular weight excluding hydrogens is 432 g/mol. The first-order valence-corrected chi connectivity index (χ1v) is 10.8. The first-order chi connectivity index (χ1) is 15.5. The lowest BCUT2D eigenvalue weighted by molar-refractivity contribution is 0.0600. The fourth-order valence-corrected chi connectivity index (χ4v) is 4.10. The molecule has 0 atom stereocenters. The molecule has 1 aliphatic rings. The van der Waals surface area contributed by atoms with E-state index in [1.165, 1.54) is 42.7 Å². The third-order valence-electron chi connectivity index (χ3n) is 5.03. The van der Waals surface area contributed by atoms with Gasteiger partial charge in [0.1, 0.15) is 11.5 Å². The molecule has 1 aliphatic carbocycles. The number of ether oxygens (including phenoxy) is 2. The number of hydrogen-bond donors (Lipinski definition) is 1. The van der Waals surface area contributed by atoms with Gasteiger partial charge in [-0.15, -0.1) is 11.3 Å². The Bertz CT molecular complexity index is 1190. The second-order valence-electron chi connectivity index (χ2n) is 7.09. The van der Waals surface area contributed by atoms with Gasteiger partial charge in [-0.3, -0.25) is 4.79 Å². The lowest BCUT2D eigenvalue weighted by Crippen LogP contribution is -2.21. The number of methoxy groups -OCH3 is 1. The predicted molar refractivity (Wildman–Crippen MR) is 117 cm³/mol. The summed E-state index contributed by atoms with van der Waals surface area (Å²) in [6.07, 6.45) is 2.11. The van der Waals surface area contributed by atoms with Crippen molar-refractivity contribution < 1.29 is 28.3 Å². The van der Waals surface area contributed by atoms with Crippen molar-refractivity contribution in [3.63, 3.8) is 0 Å². The highest BCUT2D eigenvalue weighted by molar-refractivity contribution is 7.12. The highest BCUT2D eigenvalue weighted by Crippen LogP contribution is 2.30. The van der Waals surface area contributed by atoms with E-state index in [1.807, 2.05) is 5.38 Å². The van der Waals surface area contributed by atoms with E-state index >= 15 is 0 Å². The summed E-state index contributed by atoms with van der Waals surface area (Å²) in [7, 11) is 1.29. The van der Waals surface area contributed by atoms with Gasteiger partial charge in [0.25, 0.3) is 5.91 Å². The maximum absolute atomic E-state index is 12.7. The Hall–Kier alpha value is -3.72. The molecule has 2 aromatic heterocycles. The highest BCUT2D eigenvalue weighted by Gasteiger charge is 2.29. The summed E-state index contributed by atoms with van der Waals surface area (Å²) < 4.78 is 15.9. The zero-order valence-corrected chi connectivity index (χ0v) is 18.3. The summed E-state index contributed by atoms with van der Waals surface area (Å²) in [5, 5.41) is 6.12. The number of esters is 2. The SMILES string of the molecule is COC(=O)c1ccc(OC(=O)c2oc3c(c2C)/C(=N/NC(=O)c2cccs2)CCC3)cc1. The number of hydrazone groups is 1. The van der Waals surface area contributed by atoms with Crippen molar-refractivity contribution in [2.24, 2.45) is 5.10 Å². The quantitative estimate of drug-likeness (QED) is 0.354. The van der Waals surface area contributed by atoms with Crippen molar-refractivity contribution in [1.29, 1.82) is 0 Å². The average Bonchev–Trinajstić information content (AvgIpc) is 3.46. The normalized spacial score (nSPS) is 14.0. The molecule has 0 fully saturated rings. The minimum atomic E-state index is -0.648. The van der Waals surface area contributed by atoms with Crippen molar-refractivity contribution >= 4 is 34.9 Å². The number of rotatable bonds is 5. The number of nitrogens with zero attached hydrogens (tertiary/aromatic N) is 1. The molecule has 8 nitrogen and oxygen atoms in total. The van der Waals surface area contributed by atoms with Crippen LogP contribution in [0.3, 0.4) is 0 Å². The Morgan fingerprint density at radius 1 is 1.09 bits per heavy atom. The number of fused-ring (bicyclic) bond motifs is 1. The van der Waals surface area contributed by atoms with Gasteiger partial charge in [0.15, 0.2) is 0 Å². The van der Waals surface area contributed by atoms with E-state index in [-0.39, 0.29) is 17.4 Å². The van der Waals surface area contributed by atoms with Gasteiger partial charge in [-0.05, 0) is 55.5 Å². The van der Waals surface area contributed by atoms with Gasteiger partial charge in [-0.1, -0.05) is 6.07 Å². The van der Waals surface area contributed by atoms with Crippen molar-refractivity contribution in [2.45, 2.75) is 26.2 Å². The molecule has 9 heteroatoms. The van der Waals surface area contributed by atoms with Crippen molar-refractivity contribution in [2.75, 3.05) is 7.11 Å². The lowest BCUT2D eigenvalue weighted by atomic mass is 9.93. The second-order valence-corrected chi connectivity index (χ2v) is 8.04. The number of carbonyl (C=O) groups is 3. The van der Waals surface area contributed by atoms with E-state index in [0.717, 1.165) is 12.0 Å². The molecule has 0 saturated heterocycles. The van der Waals surface area contributed by atoms with E-state index in [9.17, 15) is 14.4 Å². The predicted octanol–water partition coefficient (Wildman–Crippen LogP) is 4.13. The topological polar surface area (TPSA) is 107 Å². The highest BCUT2D eigenvalue weighted by atomic mass is 32.1. The van der Waals surface area contributed by atoms with Crippen LogP contribution >= 0.6 is 11.3 Å². The summed E-state index contributed by atoms with van der Waals surface area (Å²) in [4.78, 5) is 37.1. The molecule has 32 heavy (non-hydrogen) atoms. The van der Waals surface area contributed by atoms with Crippen LogP contribution in [-0.4, -0.2) is 30.7 Å². The van der Waals surface area contributed by atoms with Crippen LogP contribution in [0.1, 0.15) is 60.3 Å². The van der Waals surface area contributed by atoms with Gasteiger partial charge in [0, 0.05) is 17.5 Å². The Morgan fingerprint density at radius 2 is 1.88 bits per heavy atom. The Balaban J connectivity index is 1.53. The zero-order valence-electron chi connectivity index (χ0n) is 17.5. The summed E-state index contributed by atoms with van der Waals surface area (Å²) in [5.41, 5.74) is 4.94. The lowest BCUT2D eigenvalue weighted by Gasteiger charge is -2.13. The Kier molecular flexibility index (Phi) is 6.18. The molecular formula is C23H20N2O6S. The first kappa shape index (κ1) is 21.5. The maximum atomic E-state index is 12.7. The molecule has 0 spiro atoms. The molecule has 1 aromatic carbocycles. The third kappa shape index (κ3) is 4.33. The molecule has 3 aromatic rings. The standard InChI is InChI=1S/C23H20N2O6S/c1-13-19-16(24-25-21(26)18-7-4-12-32-18)5-3-6-17(19)31-20(13)23(28)30-15-10-8-14(9-11-15)22(27)29-2/h4,7-12H,3,5-6H2,1-2H3,(H,25,26)/b24-16+. The van der Waals surface area contributed by atoms with E-state index < -0.39 is 11.9 Å². The molecule has 2 heterocycles. The summed E-state index contributed by atoms with van der Waals surface area (Å²) in [6.45, 7) is 1.77. The second kappa shape index (κ2) is 9.19. The summed E-state index contributed by atoms with van der Waals surface area (Å²) >= 11 is 1.33. The summed E-state index contributed by atoms with van der Waals surface area (Å²) in [5.74, 6) is -0.401. The van der Waals surface area contributed by atoms with Gasteiger partial charge in [0.2, 0.25) is 5.76 Å². The molecule has 1 N–H and O–H groups in total. The number of aryl methyl sites for hydroxylation is 1. The van der Waals surface area contributed by atoms with Crippen LogP contribution in [0, 0.1) is 6.92 Å². The molecule has 0 bridgehead atoms. The number of nitrogens with one attached hydrogen (secondary N) is 1. The first-order valence-electron chi connectivity index (χ1n) is 9.91. The van der Waals surface area contributed by atoms with Crippen LogP contribution in [0.4, 0.5) is 0 Å². The van der Waals surface area contributed by atoms with E-state index in [4.69, 9.17) is 9.15 Å². The molecule has 0 aliphatic heterocycles. The number of benzene rings is 1. The van der Waals surface area contributed by atoms with Gasteiger partial charge in [-0.2, -0.15) is 5.10 Å². The Labute approximate surface area is 187 Å². The van der Waals surface area contributed by atoms with Crippen molar-refractivity contribution in [3.8, 4) is 5.75 Å². The average molecular weight is 452 g/mol. The van der Waals surface area contributed by atoms with Crippen LogP contribution in [0.5, 0.6) is 5.75 Å². The number of amides is 1. The molecule has 1 amide bonds. The van der Waals surface area contributed by atoms with E-state index in [1.54, 1.807) is 19.1 Å². The van der Waals surface area contributed by atoms with Crippen molar-refractivity contribution in [1.82, 2.24) is 5.43 Å². The van der Waals surface area contributed by atoms with Crippen LogP contribution in [0.2, 0.25) is 0 Å². The van der Waals surface area contributed by atoms with Crippen LogP contribution < -0.4 is 10.2 Å². The largest absolute Gasteiger partial charge is 0.465 e. The van der Waals surface area contributed by atoms with Crippen LogP contribution in [0.25, 0.3) is 0 Å². The monoisotopic (exact) mass is 452 g/mol.